The van der Waals surface area contributed by atoms with Crippen LogP contribution in [-0.2, 0) is 4.79 Å². The van der Waals surface area contributed by atoms with Gasteiger partial charge in [-0.05, 0) is 19.1 Å². The summed E-state index contributed by atoms with van der Waals surface area (Å²) in [5, 5.41) is 0. The third-order valence-electron chi connectivity index (χ3n) is 3.41. The van der Waals surface area contributed by atoms with Crippen LogP contribution in [0.5, 0.6) is 5.75 Å². The quantitative estimate of drug-likeness (QED) is 0.910. The van der Waals surface area contributed by atoms with Crippen molar-refractivity contribution in [1.82, 2.24) is 4.90 Å². The van der Waals surface area contributed by atoms with Gasteiger partial charge >= 0.3 is 0 Å². The molecule has 1 aliphatic rings. The number of carbonyl (C=O) groups excluding carboxylic acids is 1. The number of benzene rings is 1. The molecule has 1 fully saturated rings. The molecule has 0 radical (unpaired) electrons. The van der Waals surface area contributed by atoms with Crippen LogP contribution in [0, 0.1) is 0 Å². The molecule has 0 spiro atoms. The Morgan fingerprint density at radius 3 is 2.29 bits per heavy atom. The molecule has 1 saturated heterocycles. The molecule has 1 heterocycles. The average Bonchev–Trinajstić information content (AvgIpc) is 2.46. The number of piperazine rings is 1. The van der Waals surface area contributed by atoms with Crippen LogP contribution < -0.4 is 15.4 Å². The highest BCUT2D eigenvalue weighted by atomic mass is 35.5. The normalized spacial score (nSPS) is 15.6. The molecule has 1 aliphatic heterocycles. The Bertz CT molecular complexity index is 450. The Balaban J connectivity index is 0.00000200. The van der Waals surface area contributed by atoms with Crippen LogP contribution in [-0.4, -0.2) is 50.1 Å². The number of methoxy groups -OCH3 is 1. The van der Waals surface area contributed by atoms with Gasteiger partial charge in [0.15, 0.2) is 0 Å². The van der Waals surface area contributed by atoms with Gasteiger partial charge in [0.1, 0.15) is 5.75 Å². The first-order valence-corrected chi connectivity index (χ1v) is 6.56. The molecule has 0 bridgehead atoms. The van der Waals surface area contributed by atoms with Gasteiger partial charge in [-0.25, -0.2) is 0 Å². The van der Waals surface area contributed by atoms with Crippen LogP contribution in [0.2, 0.25) is 0 Å². The maximum atomic E-state index is 11.8. The summed E-state index contributed by atoms with van der Waals surface area (Å²) in [6.45, 7) is 4.75. The van der Waals surface area contributed by atoms with Gasteiger partial charge in [0.25, 0.3) is 0 Å². The topological polar surface area (TPSA) is 58.8 Å². The molecule has 0 saturated carbocycles. The fourth-order valence-corrected chi connectivity index (χ4v) is 2.35. The van der Waals surface area contributed by atoms with Crippen molar-refractivity contribution in [1.29, 1.82) is 0 Å². The van der Waals surface area contributed by atoms with Crippen molar-refractivity contribution in [3.8, 4) is 5.75 Å². The summed E-state index contributed by atoms with van der Waals surface area (Å²) in [5.41, 5.74) is 6.71. The monoisotopic (exact) mass is 335 g/mol. The number of carbonyl (C=O) groups is 1. The van der Waals surface area contributed by atoms with Crippen LogP contribution in [0.4, 0.5) is 5.69 Å². The zero-order chi connectivity index (χ0) is 13.8. The number of hydrogen-bond acceptors (Lipinski definition) is 4. The van der Waals surface area contributed by atoms with E-state index >= 15 is 0 Å². The lowest BCUT2D eigenvalue weighted by Gasteiger charge is -2.37. The predicted octanol–water partition coefficient (Wildman–Crippen LogP) is 1.53. The van der Waals surface area contributed by atoms with Gasteiger partial charge in [0.2, 0.25) is 5.91 Å². The summed E-state index contributed by atoms with van der Waals surface area (Å²) >= 11 is 0. The molecule has 0 aliphatic carbocycles. The van der Waals surface area contributed by atoms with Crippen LogP contribution in [0.1, 0.15) is 6.92 Å². The van der Waals surface area contributed by atoms with Crippen molar-refractivity contribution in [2.75, 3.05) is 38.2 Å². The third-order valence-corrected chi connectivity index (χ3v) is 3.41. The Hall–Kier alpha value is -1.17. The van der Waals surface area contributed by atoms with Gasteiger partial charge in [0, 0.05) is 26.2 Å². The number of amides is 1. The van der Waals surface area contributed by atoms with E-state index in [2.05, 4.69) is 4.90 Å². The molecule has 21 heavy (non-hydrogen) atoms. The van der Waals surface area contributed by atoms with Crippen LogP contribution in [0.25, 0.3) is 0 Å². The minimum atomic E-state index is -0.419. The van der Waals surface area contributed by atoms with Crippen LogP contribution >= 0.6 is 24.8 Å². The SMILES string of the molecule is COc1ccccc1N1CCN(C(=O)[C@H](C)N)CC1.Cl.Cl. The minimum absolute atomic E-state index is 0. The summed E-state index contributed by atoms with van der Waals surface area (Å²) in [4.78, 5) is 15.9. The van der Waals surface area contributed by atoms with E-state index < -0.39 is 6.04 Å². The number of nitrogens with two attached hydrogens (primary N) is 1. The maximum Gasteiger partial charge on any atom is 0.239 e. The first-order valence-electron chi connectivity index (χ1n) is 6.56. The summed E-state index contributed by atoms with van der Waals surface area (Å²) in [6, 6.07) is 7.53. The second kappa shape index (κ2) is 8.97. The Morgan fingerprint density at radius 2 is 1.76 bits per heavy atom. The highest BCUT2D eigenvalue weighted by Crippen LogP contribution is 2.28. The zero-order valence-electron chi connectivity index (χ0n) is 12.3. The summed E-state index contributed by atoms with van der Waals surface area (Å²) in [5.74, 6) is 0.897. The molecule has 1 amide bonds. The summed E-state index contributed by atoms with van der Waals surface area (Å²) in [7, 11) is 1.68. The number of ether oxygens (including phenoxy) is 1. The molecule has 1 atom stereocenters. The van der Waals surface area contributed by atoms with E-state index in [0.29, 0.717) is 13.1 Å². The van der Waals surface area contributed by atoms with Gasteiger partial charge in [-0.15, -0.1) is 24.8 Å². The fraction of sp³-hybridized carbons (Fsp3) is 0.500. The lowest BCUT2D eigenvalue weighted by molar-refractivity contribution is -0.132. The van der Waals surface area contributed by atoms with Gasteiger partial charge in [-0.3, -0.25) is 4.79 Å². The molecule has 1 aromatic rings. The van der Waals surface area contributed by atoms with Crippen molar-refractivity contribution in [2.45, 2.75) is 13.0 Å². The third kappa shape index (κ3) is 4.66. The lowest BCUT2D eigenvalue weighted by atomic mass is 10.2. The van der Waals surface area contributed by atoms with E-state index in [9.17, 15) is 4.79 Å². The van der Waals surface area contributed by atoms with Crippen molar-refractivity contribution in [2.24, 2.45) is 5.73 Å². The molecule has 2 N–H and O–H groups in total. The summed E-state index contributed by atoms with van der Waals surface area (Å²) in [6.07, 6.45) is 0. The largest absolute Gasteiger partial charge is 0.495 e. The first kappa shape index (κ1) is 19.8. The number of halogens is 2. The van der Waals surface area contributed by atoms with Gasteiger partial charge in [-0.1, -0.05) is 12.1 Å². The molecular weight excluding hydrogens is 313 g/mol. The minimum Gasteiger partial charge on any atom is -0.495 e. The lowest BCUT2D eigenvalue weighted by Crippen LogP contribution is -2.52. The van der Waals surface area contributed by atoms with Gasteiger partial charge in [-0.2, -0.15) is 0 Å². The first-order chi connectivity index (χ1) is 9.13. The molecule has 120 valence electrons. The van der Waals surface area contributed by atoms with E-state index in [1.807, 2.05) is 29.2 Å². The molecular formula is C14H23Cl2N3O2. The second-order valence-electron chi connectivity index (χ2n) is 4.77. The molecule has 5 nitrogen and oxygen atoms in total. The van der Waals surface area contributed by atoms with Crippen molar-refractivity contribution in [3.63, 3.8) is 0 Å². The zero-order valence-corrected chi connectivity index (χ0v) is 14.0. The molecule has 2 rings (SSSR count). The fourth-order valence-electron chi connectivity index (χ4n) is 2.35. The van der Waals surface area contributed by atoms with E-state index in [-0.39, 0.29) is 30.7 Å². The second-order valence-corrected chi connectivity index (χ2v) is 4.77. The van der Waals surface area contributed by atoms with E-state index in [0.717, 1.165) is 24.5 Å². The summed E-state index contributed by atoms with van der Waals surface area (Å²) < 4.78 is 5.37. The van der Waals surface area contributed by atoms with Gasteiger partial charge in [0.05, 0.1) is 18.8 Å². The maximum absolute atomic E-state index is 11.8. The van der Waals surface area contributed by atoms with E-state index in [4.69, 9.17) is 10.5 Å². The smallest absolute Gasteiger partial charge is 0.239 e. The van der Waals surface area contributed by atoms with Crippen molar-refractivity contribution < 1.29 is 9.53 Å². The van der Waals surface area contributed by atoms with E-state index in [1.165, 1.54) is 0 Å². The van der Waals surface area contributed by atoms with Crippen LogP contribution in [0.3, 0.4) is 0 Å². The molecule has 0 aromatic heterocycles. The molecule has 1 aromatic carbocycles. The Labute approximate surface area is 138 Å². The number of rotatable bonds is 3. The number of para-hydroxylation sites is 2. The highest BCUT2D eigenvalue weighted by molar-refractivity contribution is 5.85. The molecule has 0 unspecified atom stereocenters. The average molecular weight is 336 g/mol. The molecule has 7 heteroatoms. The predicted molar refractivity (Wildman–Crippen MR) is 89.9 cm³/mol. The van der Waals surface area contributed by atoms with Crippen molar-refractivity contribution >= 4 is 36.4 Å². The van der Waals surface area contributed by atoms with Crippen molar-refractivity contribution in [3.05, 3.63) is 24.3 Å². The van der Waals surface area contributed by atoms with E-state index in [1.54, 1.807) is 14.0 Å². The van der Waals surface area contributed by atoms with Gasteiger partial charge < -0.3 is 20.3 Å². The number of anilines is 1. The van der Waals surface area contributed by atoms with Crippen LogP contribution in [0.15, 0.2) is 24.3 Å². The number of hydrogen-bond donors (Lipinski definition) is 1. The highest BCUT2D eigenvalue weighted by Gasteiger charge is 2.24. The Morgan fingerprint density at radius 1 is 1.19 bits per heavy atom. The standard InChI is InChI=1S/C14H21N3O2.2ClH/c1-11(15)14(18)17-9-7-16(8-10-17)12-5-3-4-6-13(12)19-2;;/h3-6,11H,7-10,15H2,1-2H3;2*1H/t11-;;/m0../s1. The Kier molecular flexibility index (Phi) is 8.47. The number of nitrogens with zero attached hydrogens (tertiary/aromatic N) is 2.